The van der Waals surface area contributed by atoms with Gasteiger partial charge in [0.15, 0.2) is 11.6 Å². The molecule has 2 aliphatic rings. The summed E-state index contributed by atoms with van der Waals surface area (Å²) in [6.45, 7) is -0.413. The highest BCUT2D eigenvalue weighted by Gasteiger charge is 2.47. The molecule has 0 saturated carbocycles. The Hall–Kier alpha value is -13.1. The maximum absolute atomic E-state index is 5.62. The van der Waals surface area contributed by atoms with Crippen LogP contribution in [-0.2, 0) is 0 Å². The normalized spacial score (nSPS) is 12.0. The molecule has 0 spiro atoms. The maximum atomic E-state index is 5.62. The van der Waals surface area contributed by atoms with Gasteiger partial charge in [-0.2, -0.15) is 0 Å². The second-order valence-corrected chi connectivity index (χ2v) is 25.3. The topological polar surface area (TPSA) is 58.0 Å². The van der Waals surface area contributed by atoms with Crippen molar-refractivity contribution in [3.63, 3.8) is 0 Å². The summed E-state index contributed by atoms with van der Waals surface area (Å²) in [5.74, 6) is 1.22. The lowest BCUT2D eigenvalue weighted by molar-refractivity contribution is 1.17. The summed E-state index contributed by atoms with van der Waals surface area (Å²) in [6.07, 6.45) is 3.84. The van der Waals surface area contributed by atoms with Crippen LogP contribution in [0.2, 0.25) is 0 Å². The highest BCUT2D eigenvalue weighted by Crippen LogP contribution is 2.52. The number of anilines is 6. The molecule has 0 unspecified atom stereocenters. The van der Waals surface area contributed by atoms with Gasteiger partial charge in [-0.25, -0.2) is 19.9 Å². The van der Waals surface area contributed by atoms with Crippen molar-refractivity contribution in [1.29, 1.82) is 0 Å². The van der Waals surface area contributed by atoms with Gasteiger partial charge in [0.05, 0.1) is 22.8 Å². The van der Waals surface area contributed by atoms with Gasteiger partial charge in [-0.05, 0) is 173 Å². The molecule has 7 heteroatoms. The number of nitrogens with zero attached hydrogens (tertiary/aromatic N) is 6. The number of aromatic nitrogens is 4. The fourth-order valence-electron chi connectivity index (χ4n) is 14.7. The highest BCUT2D eigenvalue weighted by atomic mass is 15.2. The lowest BCUT2D eigenvalue weighted by atomic mass is 9.33. The molecule has 2 aliphatic heterocycles. The molecule has 0 radical (unpaired) electrons. The number of rotatable bonds is 13. The van der Waals surface area contributed by atoms with E-state index in [0.29, 0.717) is 11.6 Å². The lowest BCUT2D eigenvalue weighted by Crippen LogP contribution is -2.61. The standard InChI is InChI=1S/C92H61BN6/c1-9-25-62(26-10-1)68-41-45-78(46-42-68)98-86-60-77(74-54-72(64-29-13-3-14-30-64)53-73(55-74)65-31-15-4-16-32-65)61-87-88(86)93(82-58-75(66-33-17-5-18-34-66)56-80(89(82)98)91-94-51-49-84(96-91)70-37-21-7-22-38-70)83-59-76(67-35-19-6-20-36-67)57-81(92-95-52-50-85(97-92)71-39-23-8-24-40-71)90(83)99(87)79-47-43-69(44-48-79)63-27-11-2-12-28-63/h1-61H. The van der Waals surface area contributed by atoms with E-state index in [-0.39, 0.29) is 0 Å². The van der Waals surface area contributed by atoms with Crippen LogP contribution in [0, 0.1) is 0 Å². The molecule has 2 aromatic heterocycles. The number of benzene rings is 14. The molecule has 16 aromatic rings. The van der Waals surface area contributed by atoms with Crippen LogP contribution in [0.3, 0.4) is 0 Å². The second-order valence-electron chi connectivity index (χ2n) is 25.3. The van der Waals surface area contributed by atoms with Gasteiger partial charge in [0.1, 0.15) is 0 Å². The fourth-order valence-corrected chi connectivity index (χ4v) is 14.7. The van der Waals surface area contributed by atoms with E-state index < -0.39 is 6.71 Å². The van der Waals surface area contributed by atoms with Crippen LogP contribution in [0.15, 0.2) is 370 Å². The third kappa shape index (κ3) is 10.9. The first kappa shape index (κ1) is 58.5. The highest BCUT2D eigenvalue weighted by molar-refractivity contribution is 7.00. The molecule has 462 valence electrons. The minimum Gasteiger partial charge on any atom is -0.311 e. The predicted molar refractivity (Wildman–Crippen MR) is 411 cm³/mol. The third-order valence-electron chi connectivity index (χ3n) is 19.3. The summed E-state index contributed by atoms with van der Waals surface area (Å²) in [6, 6.07) is 129. The van der Waals surface area contributed by atoms with Crippen LogP contribution in [0.25, 0.3) is 123 Å². The molecular weight excluding hydrogens is 1200 g/mol. The van der Waals surface area contributed by atoms with Crippen molar-refractivity contribution in [3.05, 3.63) is 370 Å². The van der Waals surface area contributed by atoms with Gasteiger partial charge in [-0.1, -0.05) is 279 Å². The molecule has 14 aromatic carbocycles. The second kappa shape index (κ2) is 25.2. The van der Waals surface area contributed by atoms with Gasteiger partial charge < -0.3 is 9.80 Å². The van der Waals surface area contributed by atoms with Gasteiger partial charge >= 0.3 is 0 Å². The van der Waals surface area contributed by atoms with Crippen molar-refractivity contribution in [2.24, 2.45) is 0 Å². The number of hydrogen-bond donors (Lipinski definition) is 0. The Morgan fingerprint density at radius 2 is 0.485 bits per heavy atom. The van der Waals surface area contributed by atoms with Crippen molar-refractivity contribution >= 4 is 57.2 Å². The van der Waals surface area contributed by atoms with Gasteiger partial charge in [0.25, 0.3) is 6.71 Å². The molecule has 0 bridgehead atoms. The van der Waals surface area contributed by atoms with Crippen LogP contribution in [0.5, 0.6) is 0 Å². The Morgan fingerprint density at radius 3 is 0.808 bits per heavy atom. The molecule has 6 nitrogen and oxygen atoms in total. The first-order valence-corrected chi connectivity index (χ1v) is 33.7. The van der Waals surface area contributed by atoms with E-state index in [1.165, 1.54) is 0 Å². The summed E-state index contributed by atoms with van der Waals surface area (Å²) in [5, 5.41) is 0. The summed E-state index contributed by atoms with van der Waals surface area (Å²) in [4.78, 5) is 27.0. The average Bonchev–Trinajstić information content (AvgIpc) is 0.685. The monoisotopic (exact) mass is 1260 g/mol. The first-order chi connectivity index (χ1) is 49.1. The van der Waals surface area contributed by atoms with E-state index in [4.69, 9.17) is 19.9 Å². The van der Waals surface area contributed by atoms with Crippen LogP contribution in [-0.4, -0.2) is 26.6 Å². The van der Waals surface area contributed by atoms with Gasteiger partial charge in [-0.3, -0.25) is 0 Å². The summed E-state index contributed by atoms with van der Waals surface area (Å²) >= 11 is 0. The van der Waals surface area contributed by atoms with Crippen LogP contribution < -0.4 is 26.2 Å². The Bertz CT molecular complexity index is 5290. The van der Waals surface area contributed by atoms with Crippen LogP contribution in [0.4, 0.5) is 34.1 Å². The smallest absolute Gasteiger partial charge is 0.252 e. The molecular formula is C92H61BN6. The van der Waals surface area contributed by atoms with E-state index in [9.17, 15) is 0 Å². The molecule has 99 heavy (non-hydrogen) atoms. The molecule has 0 atom stereocenters. The summed E-state index contributed by atoms with van der Waals surface area (Å²) in [7, 11) is 0. The largest absolute Gasteiger partial charge is 0.311 e. The number of fused-ring (bicyclic) bond motifs is 4. The Balaban J connectivity index is 1.01. The zero-order valence-electron chi connectivity index (χ0n) is 54.0. The van der Waals surface area contributed by atoms with E-state index in [2.05, 4.69) is 356 Å². The molecule has 0 amide bonds. The fraction of sp³-hybridized carbons (Fsp3) is 0. The Kier molecular flexibility index (Phi) is 14.9. The Labute approximate surface area is 576 Å². The minimum atomic E-state index is -0.413. The zero-order chi connectivity index (χ0) is 65.6. The molecule has 4 heterocycles. The molecule has 0 fully saturated rings. The van der Waals surface area contributed by atoms with Crippen LogP contribution >= 0.6 is 0 Å². The average molecular weight is 1260 g/mol. The summed E-state index contributed by atoms with van der Waals surface area (Å²) in [5.41, 5.74) is 30.2. The van der Waals surface area contributed by atoms with Gasteiger partial charge in [-0.15, -0.1) is 0 Å². The molecule has 18 rings (SSSR count). The molecule has 0 saturated heterocycles. The summed E-state index contributed by atoms with van der Waals surface area (Å²) < 4.78 is 0. The zero-order valence-corrected chi connectivity index (χ0v) is 54.0. The predicted octanol–water partition coefficient (Wildman–Crippen LogP) is 21.7. The van der Waals surface area contributed by atoms with Crippen molar-refractivity contribution < 1.29 is 0 Å². The van der Waals surface area contributed by atoms with E-state index in [1.807, 2.05) is 24.5 Å². The molecule has 0 aliphatic carbocycles. The van der Waals surface area contributed by atoms with Crippen molar-refractivity contribution in [1.82, 2.24) is 19.9 Å². The van der Waals surface area contributed by atoms with Crippen molar-refractivity contribution in [2.45, 2.75) is 0 Å². The van der Waals surface area contributed by atoms with Gasteiger partial charge in [0, 0.05) is 57.4 Å². The van der Waals surface area contributed by atoms with E-state index in [0.717, 1.165) is 162 Å². The first-order valence-electron chi connectivity index (χ1n) is 33.7. The van der Waals surface area contributed by atoms with Gasteiger partial charge in [0.2, 0.25) is 0 Å². The van der Waals surface area contributed by atoms with E-state index in [1.54, 1.807) is 0 Å². The third-order valence-corrected chi connectivity index (χ3v) is 19.3. The SMILES string of the molecule is c1ccc(-c2ccc(N3c4cc(-c5cc(-c6ccccc6)cc(-c6ccccc6)c5)cc5c4B(c4cc(-c6ccccc6)cc(-c6nccc(-c7ccccc7)n6)c43)c3cc(-c4ccccc4)cc(-c4nccc(-c6ccccc6)n4)c3N5c3ccc(-c4ccccc4)cc3)cc2)cc1. The molecule has 0 N–H and O–H groups in total. The van der Waals surface area contributed by atoms with E-state index >= 15 is 0 Å². The maximum Gasteiger partial charge on any atom is 0.252 e. The quantitative estimate of drug-likeness (QED) is 0.107. The van der Waals surface area contributed by atoms with Crippen LogP contribution in [0.1, 0.15) is 0 Å². The van der Waals surface area contributed by atoms with Crippen molar-refractivity contribution in [3.8, 4) is 123 Å². The van der Waals surface area contributed by atoms with Crippen molar-refractivity contribution in [2.75, 3.05) is 9.80 Å². The number of hydrogen-bond acceptors (Lipinski definition) is 6. The Morgan fingerprint density at radius 1 is 0.222 bits per heavy atom. The minimum absolute atomic E-state index is 0.413. The lowest BCUT2D eigenvalue weighted by Gasteiger charge is -2.46.